The lowest BCUT2D eigenvalue weighted by Gasteiger charge is -2.24. The van der Waals surface area contributed by atoms with Gasteiger partial charge in [-0.1, -0.05) is 48.5 Å². The van der Waals surface area contributed by atoms with Crippen molar-refractivity contribution >= 4 is 28.2 Å². The Labute approximate surface area is 201 Å². The first-order valence-electron chi connectivity index (χ1n) is 11.8. The molecule has 6 rings (SSSR count). The Morgan fingerprint density at radius 3 is 2.49 bits per heavy atom. The molecule has 1 fully saturated rings. The molecule has 8 heteroatoms. The van der Waals surface area contributed by atoms with E-state index in [-0.39, 0.29) is 11.8 Å². The summed E-state index contributed by atoms with van der Waals surface area (Å²) in [5.74, 6) is 0.270. The van der Waals surface area contributed by atoms with Crippen molar-refractivity contribution in [2.75, 3.05) is 5.73 Å². The zero-order valence-electron chi connectivity index (χ0n) is 19.0. The van der Waals surface area contributed by atoms with Crippen LogP contribution in [0.5, 0.6) is 0 Å². The molecular weight excluding hydrogens is 440 g/mol. The summed E-state index contributed by atoms with van der Waals surface area (Å²) in [4.78, 5) is 25.5. The average molecular weight is 465 g/mol. The van der Waals surface area contributed by atoms with Gasteiger partial charge in [0.25, 0.3) is 0 Å². The summed E-state index contributed by atoms with van der Waals surface area (Å²) in [7, 11) is 0. The molecule has 1 aliphatic carbocycles. The molecule has 1 saturated carbocycles. The van der Waals surface area contributed by atoms with Crippen LogP contribution in [0.1, 0.15) is 37.4 Å². The number of nitrogen functional groups attached to an aromatic ring is 1. The normalized spacial score (nSPS) is 18.2. The molecule has 0 unspecified atom stereocenters. The summed E-state index contributed by atoms with van der Waals surface area (Å²) in [6.07, 6.45) is 4.20. The SMILES string of the molecule is Nc1ncnn2c(C3CCC(C(=O)O)CC3)nc(-c3ccc4ccc(-c5ccccc5)nc4c3)c12. The number of hydrogen-bond acceptors (Lipinski definition) is 6. The van der Waals surface area contributed by atoms with E-state index in [4.69, 9.17) is 15.7 Å². The van der Waals surface area contributed by atoms with E-state index in [1.165, 1.54) is 6.33 Å². The monoisotopic (exact) mass is 464 g/mol. The predicted molar refractivity (Wildman–Crippen MR) is 134 cm³/mol. The van der Waals surface area contributed by atoms with E-state index in [1.807, 2.05) is 54.6 Å². The summed E-state index contributed by atoms with van der Waals surface area (Å²) >= 11 is 0. The molecule has 5 aromatic rings. The second-order valence-electron chi connectivity index (χ2n) is 9.08. The fourth-order valence-corrected chi connectivity index (χ4v) is 5.08. The van der Waals surface area contributed by atoms with Gasteiger partial charge >= 0.3 is 5.97 Å². The highest BCUT2D eigenvalue weighted by molar-refractivity contribution is 5.91. The standard InChI is InChI=1S/C27H24N6O2/c28-25-24-23(32-26(33(24)30-15-29-25)18-7-9-19(10-8-18)27(34)35)20-11-6-17-12-13-21(31-22(17)14-20)16-4-2-1-3-5-16/h1-6,11-15,18-19H,7-10H2,(H,34,35)(H2,28,29,30). The Balaban J connectivity index is 1.44. The number of carbonyl (C=O) groups is 1. The minimum atomic E-state index is -0.720. The van der Waals surface area contributed by atoms with Gasteiger partial charge in [0.05, 0.1) is 17.1 Å². The average Bonchev–Trinajstić information content (AvgIpc) is 3.30. The number of aliphatic carboxylic acids is 1. The Kier molecular flexibility index (Phi) is 5.13. The highest BCUT2D eigenvalue weighted by Crippen LogP contribution is 2.38. The van der Waals surface area contributed by atoms with E-state index in [0.717, 1.165) is 46.4 Å². The molecule has 35 heavy (non-hydrogen) atoms. The molecule has 3 heterocycles. The van der Waals surface area contributed by atoms with E-state index >= 15 is 0 Å². The number of hydrogen-bond donors (Lipinski definition) is 2. The third kappa shape index (κ3) is 3.77. The van der Waals surface area contributed by atoms with Crippen LogP contribution in [0.15, 0.2) is 67.0 Å². The second-order valence-corrected chi connectivity index (χ2v) is 9.08. The molecule has 3 aromatic heterocycles. The van der Waals surface area contributed by atoms with Gasteiger partial charge in [-0.05, 0) is 37.8 Å². The van der Waals surface area contributed by atoms with Crippen LogP contribution in [0.3, 0.4) is 0 Å². The van der Waals surface area contributed by atoms with Crippen molar-refractivity contribution in [3.05, 3.63) is 72.8 Å². The van der Waals surface area contributed by atoms with Crippen molar-refractivity contribution in [1.29, 1.82) is 0 Å². The van der Waals surface area contributed by atoms with Crippen molar-refractivity contribution in [2.24, 2.45) is 5.92 Å². The van der Waals surface area contributed by atoms with Crippen molar-refractivity contribution in [1.82, 2.24) is 24.6 Å². The van der Waals surface area contributed by atoms with Crippen LogP contribution in [0.25, 0.3) is 38.9 Å². The summed E-state index contributed by atoms with van der Waals surface area (Å²) in [6.45, 7) is 0. The number of pyridine rings is 1. The largest absolute Gasteiger partial charge is 0.481 e. The first-order chi connectivity index (χ1) is 17.1. The molecule has 2 aromatic carbocycles. The van der Waals surface area contributed by atoms with Gasteiger partial charge in [0.2, 0.25) is 0 Å². The van der Waals surface area contributed by atoms with Gasteiger partial charge in [-0.15, -0.1) is 0 Å². The molecule has 0 atom stereocenters. The van der Waals surface area contributed by atoms with E-state index in [9.17, 15) is 9.90 Å². The third-order valence-electron chi connectivity index (χ3n) is 6.96. The highest BCUT2D eigenvalue weighted by atomic mass is 16.4. The first-order valence-corrected chi connectivity index (χ1v) is 11.8. The second kappa shape index (κ2) is 8.47. The van der Waals surface area contributed by atoms with Crippen LogP contribution in [0, 0.1) is 5.92 Å². The van der Waals surface area contributed by atoms with Crippen molar-refractivity contribution in [3.8, 4) is 22.5 Å². The quantitative estimate of drug-likeness (QED) is 0.386. The molecule has 3 N–H and O–H groups in total. The Bertz CT molecular complexity index is 1550. The number of nitrogens with two attached hydrogens (primary N) is 1. The van der Waals surface area contributed by atoms with Gasteiger partial charge in [0, 0.05) is 22.4 Å². The minimum absolute atomic E-state index is 0.115. The molecular formula is C27H24N6O2. The summed E-state index contributed by atoms with van der Waals surface area (Å²) in [5, 5.41) is 14.9. The van der Waals surface area contributed by atoms with Gasteiger partial charge in [-0.3, -0.25) is 4.79 Å². The lowest BCUT2D eigenvalue weighted by molar-refractivity contribution is -0.142. The molecule has 0 radical (unpaired) electrons. The van der Waals surface area contributed by atoms with Crippen molar-refractivity contribution in [3.63, 3.8) is 0 Å². The number of imidazole rings is 1. The number of anilines is 1. The van der Waals surface area contributed by atoms with E-state index in [2.05, 4.69) is 16.1 Å². The summed E-state index contributed by atoms with van der Waals surface area (Å²) in [5.41, 5.74) is 11.4. The van der Waals surface area contributed by atoms with E-state index in [0.29, 0.717) is 29.9 Å². The number of nitrogens with zero attached hydrogens (tertiary/aromatic N) is 5. The molecule has 8 nitrogen and oxygen atoms in total. The molecule has 0 bridgehead atoms. The topological polar surface area (TPSA) is 119 Å². The molecule has 0 saturated heterocycles. The summed E-state index contributed by atoms with van der Waals surface area (Å²) in [6, 6.07) is 20.3. The highest BCUT2D eigenvalue weighted by Gasteiger charge is 2.30. The zero-order chi connectivity index (χ0) is 23.9. The van der Waals surface area contributed by atoms with Crippen LogP contribution >= 0.6 is 0 Å². The molecule has 1 aliphatic rings. The zero-order valence-corrected chi connectivity index (χ0v) is 19.0. The Hall–Kier alpha value is -4.33. The minimum Gasteiger partial charge on any atom is -0.481 e. The first kappa shape index (κ1) is 21.2. The van der Waals surface area contributed by atoms with Crippen LogP contribution in [0.2, 0.25) is 0 Å². The van der Waals surface area contributed by atoms with Crippen molar-refractivity contribution in [2.45, 2.75) is 31.6 Å². The van der Waals surface area contributed by atoms with E-state index < -0.39 is 5.97 Å². The number of benzene rings is 2. The number of fused-ring (bicyclic) bond motifs is 2. The van der Waals surface area contributed by atoms with Crippen LogP contribution in [0.4, 0.5) is 5.82 Å². The van der Waals surface area contributed by atoms with Gasteiger partial charge in [-0.2, -0.15) is 5.10 Å². The Morgan fingerprint density at radius 1 is 0.943 bits per heavy atom. The number of carboxylic acid groups (broad SMARTS) is 1. The smallest absolute Gasteiger partial charge is 0.306 e. The molecule has 0 amide bonds. The predicted octanol–water partition coefficient (Wildman–Crippen LogP) is 4.95. The van der Waals surface area contributed by atoms with Crippen LogP contribution in [-0.4, -0.2) is 35.6 Å². The third-order valence-corrected chi connectivity index (χ3v) is 6.96. The maximum atomic E-state index is 11.4. The fourth-order valence-electron chi connectivity index (χ4n) is 5.08. The maximum Gasteiger partial charge on any atom is 0.306 e. The van der Waals surface area contributed by atoms with Gasteiger partial charge in [-0.25, -0.2) is 19.5 Å². The number of aromatic nitrogens is 5. The van der Waals surface area contributed by atoms with Crippen molar-refractivity contribution < 1.29 is 9.90 Å². The van der Waals surface area contributed by atoms with Gasteiger partial charge < -0.3 is 10.8 Å². The lowest BCUT2D eigenvalue weighted by atomic mass is 9.82. The van der Waals surface area contributed by atoms with Crippen LogP contribution < -0.4 is 5.73 Å². The molecule has 174 valence electrons. The number of carboxylic acids is 1. The molecule has 0 spiro atoms. The maximum absolute atomic E-state index is 11.4. The van der Waals surface area contributed by atoms with Gasteiger partial charge in [0.15, 0.2) is 5.82 Å². The molecule has 0 aliphatic heterocycles. The number of rotatable bonds is 4. The summed E-state index contributed by atoms with van der Waals surface area (Å²) < 4.78 is 1.78. The van der Waals surface area contributed by atoms with E-state index in [1.54, 1.807) is 4.52 Å². The lowest BCUT2D eigenvalue weighted by Crippen LogP contribution is -2.21. The van der Waals surface area contributed by atoms with Gasteiger partial charge in [0.1, 0.15) is 23.4 Å². The Morgan fingerprint density at radius 2 is 1.71 bits per heavy atom. The van der Waals surface area contributed by atoms with Crippen LogP contribution in [-0.2, 0) is 4.79 Å². The fraction of sp³-hybridized carbons (Fsp3) is 0.222.